The van der Waals surface area contributed by atoms with Crippen molar-refractivity contribution in [2.75, 3.05) is 6.61 Å². The minimum absolute atomic E-state index is 0.247. The van der Waals surface area contributed by atoms with Crippen molar-refractivity contribution in [3.05, 3.63) is 42.2 Å². The van der Waals surface area contributed by atoms with Crippen LogP contribution in [-0.4, -0.2) is 6.61 Å². The van der Waals surface area contributed by atoms with Gasteiger partial charge < -0.3 is 4.74 Å². The first kappa shape index (κ1) is 8.78. The summed E-state index contributed by atoms with van der Waals surface area (Å²) in [6.07, 6.45) is 0. The standard InChI is InChI=1S/C10H11FO/c1-3-12-8(2)9-4-6-10(11)7-5-9/h4-7H,2-3H2,1H3. The van der Waals surface area contributed by atoms with Crippen molar-refractivity contribution in [3.63, 3.8) is 0 Å². The molecule has 0 unspecified atom stereocenters. The van der Waals surface area contributed by atoms with Crippen molar-refractivity contribution >= 4 is 5.76 Å². The quantitative estimate of drug-likeness (QED) is 0.627. The van der Waals surface area contributed by atoms with E-state index in [1.54, 1.807) is 12.1 Å². The third-order valence-electron chi connectivity index (χ3n) is 1.48. The van der Waals surface area contributed by atoms with E-state index in [9.17, 15) is 4.39 Å². The van der Waals surface area contributed by atoms with Gasteiger partial charge in [-0.15, -0.1) is 0 Å². The second-order valence-corrected chi connectivity index (χ2v) is 2.36. The largest absolute Gasteiger partial charge is 0.494 e. The van der Waals surface area contributed by atoms with Crippen molar-refractivity contribution in [2.45, 2.75) is 6.92 Å². The van der Waals surface area contributed by atoms with Gasteiger partial charge in [-0.2, -0.15) is 0 Å². The summed E-state index contributed by atoms with van der Waals surface area (Å²) in [4.78, 5) is 0. The van der Waals surface area contributed by atoms with Crippen molar-refractivity contribution in [2.24, 2.45) is 0 Å². The third-order valence-corrected chi connectivity index (χ3v) is 1.48. The van der Waals surface area contributed by atoms with E-state index in [4.69, 9.17) is 4.74 Å². The monoisotopic (exact) mass is 166 g/mol. The summed E-state index contributed by atoms with van der Waals surface area (Å²) < 4.78 is 17.6. The molecule has 0 bridgehead atoms. The van der Waals surface area contributed by atoms with Crippen LogP contribution in [0.4, 0.5) is 4.39 Å². The first-order chi connectivity index (χ1) is 5.74. The Morgan fingerprint density at radius 2 is 2.00 bits per heavy atom. The van der Waals surface area contributed by atoms with Crippen molar-refractivity contribution in [3.8, 4) is 0 Å². The molecule has 1 aromatic carbocycles. The van der Waals surface area contributed by atoms with Gasteiger partial charge in [0, 0.05) is 5.56 Å². The Hall–Kier alpha value is -1.31. The molecule has 12 heavy (non-hydrogen) atoms. The number of ether oxygens (including phenoxy) is 1. The molecular weight excluding hydrogens is 155 g/mol. The summed E-state index contributed by atoms with van der Waals surface area (Å²) in [5, 5.41) is 0. The van der Waals surface area contributed by atoms with Crippen LogP contribution in [0.2, 0.25) is 0 Å². The highest BCUT2D eigenvalue weighted by Gasteiger charge is 1.97. The summed E-state index contributed by atoms with van der Waals surface area (Å²) in [6, 6.07) is 6.07. The molecule has 0 atom stereocenters. The number of rotatable bonds is 3. The van der Waals surface area contributed by atoms with E-state index in [1.807, 2.05) is 6.92 Å². The molecule has 0 fully saturated rings. The molecule has 0 aliphatic rings. The second kappa shape index (κ2) is 3.90. The number of hydrogen-bond donors (Lipinski definition) is 0. The van der Waals surface area contributed by atoms with Crippen LogP contribution in [0.15, 0.2) is 30.8 Å². The lowest BCUT2D eigenvalue weighted by molar-refractivity contribution is 0.299. The molecule has 0 radical (unpaired) electrons. The van der Waals surface area contributed by atoms with Crippen LogP contribution in [0.3, 0.4) is 0 Å². The molecule has 1 aromatic rings. The average Bonchev–Trinajstić information content (AvgIpc) is 2.06. The first-order valence-corrected chi connectivity index (χ1v) is 3.81. The van der Waals surface area contributed by atoms with Crippen molar-refractivity contribution in [1.82, 2.24) is 0 Å². The Balaban J connectivity index is 2.75. The highest BCUT2D eigenvalue weighted by molar-refractivity contribution is 5.56. The van der Waals surface area contributed by atoms with Crippen molar-refractivity contribution in [1.29, 1.82) is 0 Å². The summed E-state index contributed by atoms with van der Waals surface area (Å²) in [5.41, 5.74) is 0.818. The lowest BCUT2D eigenvalue weighted by atomic mass is 10.2. The molecule has 0 spiro atoms. The molecule has 0 saturated heterocycles. The van der Waals surface area contributed by atoms with Crippen LogP contribution in [-0.2, 0) is 4.74 Å². The van der Waals surface area contributed by atoms with Gasteiger partial charge in [-0.05, 0) is 31.2 Å². The van der Waals surface area contributed by atoms with Crippen LogP contribution in [0, 0.1) is 5.82 Å². The van der Waals surface area contributed by atoms with Gasteiger partial charge in [0.1, 0.15) is 11.6 Å². The minimum atomic E-state index is -0.247. The van der Waals surface area contributed by atoms with Crippen LogP contribution in [0.5, 0.6) is 0 Å². The van der Waals surface area contributed by atoms with Gasteiger partial charge in [-0.3, -0.25) is 0 Å². The summed E-state index contributed by atoms with van der Waals surface area (Å²) >= 11 is 0. The maximum Gasteiger partial charge on any atom is 0.123 e. The average molecular weight is 166 g/mol. The predicted octanol–water partition coefficient (Wildman–Crippen LogP) is 2.83. The molecule has 0 aliphatic carbocycles. The summed E-state index contributed by atoms with van der Waals surface area (Å²) in [5.74, 6) is 0.334. The van der Waals surface area contributed by atoms with Gasteiger partial charge in [-0.25, -0.2) is 4.39 Å². The summed E-state index contributed by atoms with van der Waals surface area (Å²) in [7, 11) is 0. The third kappa shape index (κ3) is 2.09. The molecule has 2 heteroatoms. The van der Waals surface area contributed by atoms with Crippen LogP contribution in [0.25, 0.3) is 5.76 Å². The number of halogens is 1. The normalized spacial score (nSPS) is 9.50. The fourth-order valence-electron chi connectivity index (χ4n) is 0.893. The highest BCUT2D eigenvalue weighted by Crippen LogP contribution is 2.13. The Bertz CT molecular complexity index is 264. The Kier molecular flexibility index (Phi) is 2.86. The SMILES string of the molecule is C=C(OCC)c1ccc(F)cc1. The predicted molar refractivity (Wildman–Crippen MR) is 47.1 cm³/mol. The second-order valence-electron chi connectivity index (χ2n) is 2.36. The molecule has 0 aromatic heterocycles. The number of hydrogen-bond acceptors (Lipinski definition) is 1. The highest BCUT2D eigenvalue weighted by atomic mass is 19.1. The molecule has 0 saturated carbocycles. The van der Waals surface area contributed by atoms with E-state index in [1.165, 1.54) is 12.1 Å². The topological polar surface area (TPSA) is 9.23 Å². The maximum absolute atomic E-state index is 12.5. The van der Waals surface area contributed by atoms with Gasteiger partial charge in [0.2, 0.25) is 0 Å². The van der Waals surface area contributed by atoms with Crippen LogP contribution in [0.1, 0.15) is 12.5 Å². The van der Waals surface area contributed by atoms with Crippen LogP contribution >= 0.6 is 0 Å². The Morgan fingerprint density at radius 3 is 2.50 bits per heavy atom. The van der Waals surface area contributed by atoms with Crippen LogP contribution < -0.4 is 0 Å². The molecule has 0 N–H and O–H groups in total. The molecule has 64 valence electrons. The zero-order valence-corrected chi connectivity index (χ0v) is 7.01. The van der Waals surface area contributed by atoms with E-state index < -0.39 is 0 Å². The van der Waals surface area contributed by atoms with Gasteiger partial charge in [0.25, 0.3) is 0 Å². The maximum atomic E-state index is 12.5. The summed E-state index contributed by atoms with van der Waals surface area (Å²) in [6.45, 7) is 6.16. The van der Waals surface area contributed by atoms with Gasteiger partial charge >= 0.3 is 0 Å². The van der Waals surface area contributed by atoms with E-state index in [-0.39, 0.29) is 5.82 Å². The lowest BCUT2D eigenvalue weighted by Crippen LogP contribution is -1.89. The molecule has 1 rings (SSSR count). The van der Waals surface area contributed by atoms with Gasteiger partial charge in [0.05, 0.1) is 6.61 Å². The molecule has 0 heterocycles. The molecule has 1 nitrogen and oxygen atoms in total. The minimum Gasteiger partial charge on any atom is -0.494 e. The fraction of sp³-hybridized carbons (Fsp3) is 0.200. The zero-order valence-electron chi connectivity index (χ0n) is 7.01. The Labute approximate surface area is 71.5 Å². The lowest BCUT2D eigenvalue weighted by Gasteiger charge is -2.05. The zero-order chi connectivity index (χ0) is 8.97. The first-order valence-electron chi connectivity index (χ1n) is 3.81. The number of benzene rings is 1. The Morgan fingerprint density at radius 1 is 1.42 bits per heavy atom. The van der Waals surface area contributed by atoms with Crippen molar-refractivity contribution < 1.29 is 9.13 Å². The smallest absolute Gasteiger partial charge is 0.123 e. The van der Waals surface area contributed by atoms with Gasteiger partial charge in [-0.1, -0.05) is 6.58 Å². The van der Waals surface area contributed by atoms with E-state index in [0.717, 1.165) is 5.56 Å². The fourth-order valence-corrected chi connectivity index (χ4v) is 0.893. The molecule has 0 amide bonds. The molecule has 0 aliphatic heterocycles. The van der Waals surface area contributed by atoms with E-state index in [0.29, 0.717) is 12.4 Å². The van der Waals surface area contributed by atoms with E-state index in [2.05, 4.69) is 6.58 Å². The van der Waals surface area contributed by atoms with E-state index >= 15 is 0 Å². The molecular formula is C10H11FO. The van der Waals surface area contributed by atoms with Gasteiger partial charge in [0.15, 0.2) is 0 Å².